The Morgan fingerprint density at radius 2 is 2.27 bits per heavy atom. The first-order valence-corrected chi connectivity index (χ1v) is 2.84. The molecular formula is C6H5FN2O2. The van der Waals surface area contributed by atoms with Crippen molar-refractivity contribution in [2.45, 2.75) is 6.67 Å². The number of carbonyl (C=O) groups is 1. The summed E-state index contributed by atoms with van der Waals surface area (Å²) in [4.78, 5) is 17.2. The Labute approximate surface area is 61.7 Å². The molecular weight excluding hydrogens is 151 g/mol. The topological polar surface area (TPSA) is 63.1 Å². The van der Waals surface area contributed by atoms with Gasteiger partial charge in [-0.2, -0.15) is 0 Å². The van der Waals surface area contributed by atoms with E-state index in [-0.39, 0.29) is 11.4 Å². The third-order valence-corrected chi connectivity index (χ3v) is 1.06. The third kappa shape index (κ3) is 1.70. The summed E-state index contributed by atoms with van der Waals surface area (Å²) in [6.45, 7) is -0.729. The molecule has 1 N–H and O–H groups in total. The molecule has 1 rings (SSSR count). The van der Waals surface area contributed by atoms with E-state index in [1.807, 2.05) is 0 Å². The van der Waals surface area contributed by atoms with Crippen LogP contribution < -0.4 is 0 Å². The van der Waals surface area contributed by atoms with Crippen LogP contribution in [0, 0.1) is 0 Å². The van der Waals surface area contributed by atoms with E-state index in [2.05, 4.69) is 9.97 Å². The van der Waals surface area contributed by atoms with Gasteiger partial charge in [-0.05, 0) is 0 Å². The van der Waals surface area contributed by atoms with Gasteiger partial charge in [-0.1, -0.05) is 0 Å². The first-order valence-electron chi connectivity index (χ1n) is 2.84. The van der Waals surface area contributed by atoms with Crippen LogP contribution in [-0.2, 0) is 6.67 Å². The number of carboxylic acid groups (broad SMARTS) is 1. The number of nitrogens with zero attached hydrogens (tertiary/aromatic N) is 2. The summed E-state index contributed by atoms with van der Waals surface area (Å²) in [5.41, 5.74) is -0.0443. The summed E-state index contributed by atoms with van der Waals surface area (Å²) >= 11 is 0. The van der Waals surface area contributed by atoms with Crippen molar-refractivity contribution in [1.29, 1.82) is 0 Å². The molecule has 5 heteroatoms. The van der Waals surface area contributed by atoms with Crippen molar-refractivity contribution in [3.63, 3.8) is 0 Å². The summed E-state index contributed by atoms with van der Waals surface area (Å²) in [6.07, 6.45) is 2.13. The molecule has 0 fully saturated rings. The van der Waals surface area contributed by atoms with Gasteiger partial charge in [-0.25, -0.2) is 14.2 Å². The van der Waals surface area contributed by atoms with Crippen molar-refractivity contribution in [2.24, 2.45) is 0 Å². The Morgan fingerprint density at radius 1 is 1.55 bits per heavy atom. The molecule has 0 amide bonds. The van der Waals surface area contributed by atoms with Crippen molar-refractivity contribution in [3.8, 4) is 0 Å². The monoisotopic (exact) mass is 156 g/mol. The maximum Gasteiger partial charge on any atom is 0.356 e. The predicted molar refractivity (Wildman–Crippen MR) is 33.8 cm³/mol. The minimum atomic E-state index is -1.16. The van der Waals surface area contributed by atoms with E-state index in [4.69, 9.17) is 5.11 Å². The van der Waals surface area contributed by atoms with E-state index in [9.17, 15) is 9.18 Å². The standard InChI is InChI=1S/C6H5FN2O2/c7-1-4-2-9-5(3-8-4)6(10)11/h2-3H,1H2,(H,10,11). The fourth-order valence-electron chi connectivity index (χ4n) is 0.534. The van der Waals surface area contributed by atoms with Crippen molar-refractivity contribution in [2.75, 3.05) is 0 Å². The SMILES string of the molecule is O=C(O)c1cnc(CF)cn1. The minimum Gasteiger partial charge on any atom is -0.476 e. The van der Waals surface area contributed by atoms with Gasteiger partial charge in [0.2, 0.25) is 0 Å². The lowest BCUT2D eigenvalue weighted by atomic mass is 10.4. The fourth-order valence-corrected chi connectivity index (χ4v) is 0.534. The van der Waals surface area contributed by atoms with Gasteiger partial charge < -0.3 is 5.11 Å². The molecule has 58 valence electrons. The van der Waals surface area contributed by atoms with Crippen molar-refractivity contribution in [3.05, 3.63) is 23.8 Å². The maximum absolute atomic E-state index is 11.8. The van der Waals surface area contributed by atoms with Crippen LogP contribution in [-0.4, -0.2) is 21.0 Å². The Balaban J connectivity index is 2.91. The number of alkyl halides is 1. The molecule has 1 heterocycles. The predicted octanol–water partition coefficient (Wildman–Crippen LogP) is 0.644. The van der Waals surface area contributed by atoms with Gasteiger partial charge in [-0.15, -0.1) is 0 Å². The minimum absolute atomic E-state index is 0.134. The van der Waals surface area contributed by atoms with Gasteiger partial charge in [-0.3, -0.25) is 4.98 Å². The van der Waals surface area contributed by atoms with E-state index >= 15 is 0 Å². The maximum atomic E-state index is 11.8. The van der Waals surface area contributed by atoms with Gasteiger partial charge >= 0.3 is 5.97 Å². The smallest absolute Gasteiger partial charge is 0.356 e. The van der Waals surface area contributed by atoms with Crippen LogP contribution in [0.1, 0.15) is 16.2 Å². The number of hydrogen-bond donors (Lipinski definition) is 1. The van der Waals surface area contributed by atoms with Gasteiger partial charge in [0, 0.05) is 0 Å². The van der Waals surface area contributed by atoms with Crippen LogP contribution >= 0.6 is 0 Å². The molecule has 4 nitrogen and oxygen atoms in total. The lowest BCUT2D eigenvalue weighted by Crippen LogP contribution is -2.01. The van der Waals surface area contributed by atoms with Gasteiger partial charge in [0.25, 0.3) is 0 Å². The lowest BCUT2D eigenvalue weighted by molar-refractivity contribution is 0.0690. The molecule has 0 spiro atoms. The number of carboxylic acids is 1. The zero-order chi connectivity index (χ0) is 8.27. The molecule has 0 bridgehead atoms. The summed E-state index contributed by atoms with van der Waals surface area (Å²) in [5, 5.41) is 8.35. The summed E-state index contributed by atoms with van der Waals surface area (Å²) < 4.78 is 11.8. The second kappa shape index (κ2) is 3.05. The highest BCUT2D eigenvalue weighted by Gasteiger charge is 2.03. The molecule has 0 saturated heterocycles. The molecule has 0 aliphatic carbocycles. The van der Waals surface area contributed by atoms with Crippen molar-refractivity contribution in [1.82, 2.24) is 9.97 Å². The summed E-state index contributed by atoms with van der Waals surface area (Å²) in [5.74, 6) is -1.16. The fraction of sp³-hybridized carbons (Fsp3) is 0.167. The summed E-state index contributed by atoms with van der Waals surface area (Å²) in [6, 6.07) is 0. The lowest BCUT2D eigenvalue weighted by Gasteiger charge is -1.93. The highest BCUT2D eigenvalue weighted by Crippen LogP contribution is 1.96. The first kappa shape index (κ1) is 7.59. The Bertz CT molecular complexity index is 260. The number of hydrogen-bond acceptors (Lipinski definition) is 3. The molecule has 0 unspecified atom stereocenters. The molecule has 0 aliphatic rings. The second-order valence-corrected chi connectivity index (χ2v) is 1.83. The zero-order valence-electron chi connectivity index (χ0n) is 5.49. The Hall–Kier alpha value is -1.52. The zero-order valence-corrected chi connectivity index (χ0v) is 5.49. The normalized spacial score (nSPS) is 9.55. The molecule has 0 atom stereocenters. The van der Waals surface area contributed by atoms with Crippen molar-refractivity contribution >= 4 is 5.97 Å². The first-order chi connectivity index (χ1) is 5.24. The Morgan fingerprint density at radius 3 is 2.64 bits per heavy atom. The molecule has 0 aromatic carbocycles. The second-order valence-electron chi connectivity index (χ2n) is 1.83. The quantitative estimate of drug-likeness (QED) is 0.682. The number of aromatic carboxylic acids is 1. The van der Waals surface area contributed by atoms with Crippen LogP contribution in [0.5, 0.6) is 0 Å². The molecule has 0 radical (unpaired) electrons. The largest absolute Gasteiger partial charge is 0.476 e. The highest BCUT2D eigenvalue weighted by molar-refractivity contribution is 5.84. The number of halogens is 1. The highest BCUT2D eigenvalue weighted by atomic mass is 19.1. The molecule has 0 aliphatic heterocycles. The Kier molecular flexibility index (Phi) is 2.10. The number of rotatable bonds is 2. The van der Waals surface area contributed by atoms with Crippen molar-refractivity contribution < 1.29 is 14.3 Å². The van der Waals surface area contributed by atoms with E-state index in [1.165, 1.54) is 0 Å². The van der Waals surface area contributed by atoms with Gasteiger partial charge in [0.05, 0.1) is 18.1 Å². The van der Waals surface area contributed by atoms with Crippen LogP contribution in [0.25, 0.3) is 0 Å². The molecule has 11 heavy (non-hydrogen) atoms. The van der Waals surface area contributed by atoms with Crippen LogP contribution in [0.4, 0.5) is 4.39 Å². The van der Waals surface area contributed by atoms with Crippen LogP contribution in [0.15, 0.2) is 12.4 Å². The average molecular weight is 156 g/mol. The summed E-state index contributed by atoms with van der Waals surface area (Å²) in [7, 11) is 0. The van der Waals surface area contributed by atoms with Crippen LogP contribution in [0.2, 0.25) is 0 Å². The molecule has 1 aromatic rings. The molecule has 0 saturated carbocycles. The van der Waals surface area contributed by atoms with Crippen LogP contribution in [0.3, 0.4) is 0 Å². The van der Waals surface area contributed by atoms with Gasteiger partial charge in [0.1, 0.15) is 6.67 Å². The van der Waals surface area contributed by atoms with E-state index in [1.54, 1.807) is 0 Å². The number of aromatic nitrogens is 2. The van der Waals surface area contributed by atoms with E-state index in [0.717, 1.165) is 12.4 Å². The average Bonchev–Trinajstić information content (AvgIpc) is 2.05. The third-order valence-electron chi connectivity index (χ3n) is 1.06. The van der Waals surface area contributed by atoms with E-state index < -0.39 is 12.6 Å². The molecule has 1 aromatic heterocycles. The van der Waals surface area contributed by atoms with E-state index in [0.29, 0.717) is 0 Å². The van der Waals surface area contributed by atoms with Gasteiger partial charge in [0.15, 0.2) is 5.69 Å².